The van der Waals surface area contributed by atoms with Crippen LogP contribution in [0.4, 0.5) is 10.8 Å². The molecule has 0 saturated carbocycles. The Kier molecular flexibility index (Phi) is 5.53. The number of nitrogens with one attached hydrogen (secondary N) is 1. The van der Waals surface area contributed by atoms with E-state index in [9.17, 15) is 4.79 Å². The molecule has 0 aliphatic rings. The molecule has 134 valence electrons. The molecule has 0 spiro atoms. The highest BCUT2D eigenvalue weighted by Crippen LogP contribution is 2.25. The SMILES string of the molecule is CCc1ccc(NC(=O)C(C)Oc2ccc(-c3csc(N)n3)cc2)cc1. The fourth-order valence-electron chi connectivity index (χ4n) is 2.45. The number of aromatic nitrogens is 1. The van der Waals surface area contributed by atoms with Crippen LogP contribution in [0.25, 0.3) is 11.3 Å². The van der Waals surface area contributed by atoms with Crippen LogP contribution in [0, 0.1) is 0 Å². The molecule has 6 heteroatoms. The van der Waals surface area contributed by atoms with Crippen molar-refractivity contribution < 1.29 is 9.53 Å². The van der Waals surface area contributed by atoms with Crippen molar-refractivity contribution in [2.24, 2.45) is 0 Å². The summed E-state index contributed by atoms with van der Waals surface area (Å²) >= 11 is 1.40. The van der Waals surface area contributed by atoms with Crippen LogP contribution in [0.15, 0.2) is 53.9 Å². The van der Waals surface area contributed by atoms with Crippen molar-refractivity contribution in [2.45, 2.75) is 26.4 Å². The Hall–Kier alpha value is -2.86. The first-order valence-corrected chi connectivity index (χ1v) is 9.31. The van der Waals surface area contributed by atoms with E-state index in [1.807, 2.05) is 53.9 Å². The van der Waals surface area contributed by atoms with E-state index in [1.165, 1.54) is 16.9 Å². The lowest BCUT2D eigenvalue weighted by Crippen LogP contribution is -2.30. The number of rotatable bonds is 6. The molecule has 0 saturated heterocycles. The molecule has 5 nitrogen and oxygen atoms in total. The number of amides is 1. The number of ether oxygens (including phenoxy) is 1. The Labute approximate surface area is 156 Å². The number of nitrogens with zero attached hydrogens (tertiary/aromatic N) is 1. The Morgan fingerprint density at radius 1 is 1.19 bits per heavy atom. The van der Waals surface area contributed by atoms with Gasteiger partial charge in [-0.15, -0.1) is 11.3 Å². The summed E-state index contributed by atoms with van der Waals surface area (Å²) < 4.78 is 5.73. The van der Waals surface area contributed by atoms with Crippen molar-refractivity contribution in [2.75, 3.05) is 11.1 Å². The number of anilines is 2. The lowest BCUT2D eigenvalue weighted by atomic mass is 10.1. The van der Waals surface area contributed by atoms with Gasteiger partial charge in [0.05, 0.1) is 5.69 Å². The van der Waals surface area contributed by atoms with Gasteiger partial charge in [-0.3, -0.25) is 4.79 Å². The van der Waals surface area contributed by atoms with Gasteiger partial charge in [-0.2, -0.15) is 0 Å². The van der Waals surface area contributed by atoms with Crippen molar-refractivity contribution in [3.63, 3.8) is 0 Å². The molecule has 2 aromatic carbocycles. The second-order valence-corrected chi connectivity index (χ2v) is 6.78. The minimum Gasteiger partial charge on any atom is -0.481 e. The largest absolute Gasteiger partial charge is 0.481 e. The maximum Gasteiger partial charge on any atom is 0.265 e. The molecule has 3 N–H and O–H groups in total. The van der Waals surface area contributed by atoms with Gasteiger partial charge in [-0.1, -0.05) is 19.1 Å². The summed E-state index contributed by atoms with van der Waals surface area (Å²) in [5.41, 5.74) is 9.45. The molecule has 1 heterocycles. The molecule has 0 aliphatic carbocycles. The molecule has 1 atom stereocenters. The third kappa shape index (κ3) is 4.40. The maximum atomic E-state index is 12.3. The summed E-state index contributed by atoms with van der Waals surface area (Å²) in [4.78, 5) is 16.6. The number of nitrogens with two attached hydrogens (primary N) is 1. The van der Waals surface area contributed by atoms with Crippen molar-refractivity contribution in [3.8, 4) is 17.0 Å². The van der Waals surface area contributed by atoms with Crippen molar-refractivity contribution in [1.29, 1.82) is 0 Å². The van der Waals surface area contributed by atoms with E-state index in [0.29, 0.717) is 10.9 Å². The lowest BCUT2D eigenvalue weighted by Gasteiger charge is -2.15. The molecule has 26 heavy (non-hydrogen) atoms. The monoisotopic (exact) mass is 367 g/mol. The van der Waals surface area contributed by atoms with Crippen molar-refractivity contribution in [3.05, 3.63) is 59.5 Å². The van der Waals surface area contributed by atoms with E-state index >= 15 is 0 Å². The van der Waals surface area contributed by atoms with Crippen molar-refractivity contribution >= 4 is 28.1 Å². The molecule has 0 bridgehead atoms. The number of aryl methyl sites for hydroxylation is 1. The molecule has 0 aliphatic heterocycles. The number of thiazole rings is 1. The smallest absolute Gasteiger partial charge is 0.265 e. The average molecular weight is 367 g/mol. The standard InChI is InChI=1S/C20H21N3O2S/c1-3-14-4-8-16(9-5-14)22-19(24)13(2)25-17-10-6-15(7-11-17)18-12-26-20(21)23-18/h4-13H,3H2,1-2H3,(H2,21,23)(H,22,24). The first kappa shape index (κ1) is 17.9. The number of hydrogen-bond donors (Lipinski definition) is 2. The van der Waals surface area contributed by atoms with Crippen LogP contribution in [-0.4, -0.2) is 17.0 Å². The predicted octanol–water partition coefficient (Wildman–Crippen LogP) is 4.36. The second kappa shape index (κ2) is 8.01. The first-order valence-electron chi connectivity index (χ1n) is 8.43. The van der Waals surface area contributed by atoms with Gasteiger partial charge in [0.1, 0.15) is 5.75 Å². The van der Waals surface area contributed by atoms with Gasteiger partial charge in [0.2, 0.25) is 0 Å². The molecule has 0 radical (unpaired) electrons. The van der Waals surface area contributed by atoms with Crippen LogP contribution in [0.2, 0.25) is 0 Å². The first-order chi connectivity index (χ1) is 12.5. The van der Waals surface area contributed by atoms with Crippen molar-refractivity contribution in [1.82, 2.24) is 4.98 Å². The van der Waals surface area contributed by atoms with E-state index in [-0.39, 0.29) is 5.91 Å². The summed E-state index contributed by atoms with van der Waals surface area (Å²) in [6.07, 6.45) is 0.360. The Morgan fingerprint density at radius 2 is 1.88 bits per heavy atom. The molecule has 3 rings (SSSR count). The highest BCUT2D eigenvalue weighted by molar-refractivity contribution is 7.13. The van der Waals surface area contributed by atoms with E-state index in [1.54, 1.807) is 6.92 Å². The summed E-state index contributed by atoms with van der Waals surface area (Å²) in [6.45, 7) is 3.82. The molecule has 1 unspecified atom stereocenters. The van der Waals surface area contributed by atoms with Gasteiger partial charge in [0.25, 0.3) is 5.91 Å². The predicted molar refractivity (Wildman–Crippen MR) is 107 cm³/mol. The Morgan fingerprint density at radius 3 is 2.46 bits per heavy atom. The summed E-state index contributed by atoms with van der Waals surface area (Å²) in [5, 5.41) is 5.31. The molecule has 1 aromatic heterocycles. The lowest BCUT2D eigenvalue weighted by molar-refractivity contribution is -0.122. The third-order valence-electron chi connectivity index (χ3n) is 3.98. The zero-order valence-corrected chi connectivity index (χ0v) is 15.5. The van der Waals surface area contributed by atoms with Crippen LogP contribution < -0.4 is 15.8 Å². The van der Waals surface area contributed by atoms with Crippen LogP contribution in [-0.2, 0) is 11.2 Å². The van der Waals surface area contributed by atoms with Gasteiger partial charge in [0, 0.05) is 16.6 Å². The van der Waals surface area contributed by atoms with Crippen LogP contribution in [0.3, 0.4) is 0 Å². The zero-order chi connectivity index (χ0) is 18.5. The Balaban J connectivity index is 1.59. The summed E-state index contributed by atoms with van der Waals surface area (Å²) in [6, 6.07) is 15.3. The fraction of sp³-hybridized carbons (Fsp3) is 0.200. The van der Waals surface area contributed by atoms with Gasteiger partial charge < -0.3 is 15.8 Å². The minimum absolute atomic E-state index is 0.189. The van der Waals surface area contributed by atoms with Gasteiger partial charge >= 0.3 is 0 Å². The van der Waals surface area contributed by atoms with Crippen LogP contribution in [0.5, 0.6) is 5.75 Å². The number of carbonyl (C=O) groups excluding carboxylic acids is 1. The minimum atomic E-state index is -0.610. The van der Waals surface area contributed by atoms with E-state index in [2.05, 4.69) is 17.2 Å². The molecule has 3 aromatic rings. The quantitative estimate of drug-likeness (QED) is 0.678. The highest BCUT2D eigenvalue weighted by atomic mass is 32.1. The normalized spacial score (nSPS) is 11.8. The van der Waals surface area contributed by atoms with Gasteiger partial charge in [-0.05, 0) is 55.3 Å². The topological polar surface area (TPSA) is 77.2 Å². The summed E-state index contributed by atoms with van der Waals surface area (Å²) in [5.74, 6) is 0.437. The number of hydrogen-bond acceptors (Lipinski definition) is 5. The van der Waals surface area contributed by atoms with Gasteiger partial charge in [0.15, 0.2) is 11.2 Å². The summed E-state index contributed by atoms with van der Waals surface area (Å²) in [7, 11) is 0. The van der Waals surface area contributed by atoms with Gasteiger partial charge in [-0.25, -0.2) is 4.98 Å². The molecular formula is C20H21N3O2S. The average Bonchev–Trinajstić information content (AvgIpc) is 3.09. The molecule has 1 amide bonds. The Bertz CT molecular complexity index is 873. The van der Waals surface area contributed by atoms with E-state index in [4.69, 9.17) is 10.5 Å². The third-order valence-corrected chi connectivity index (χ3v) is 4.66. The van der Waals surface area contributed by atoms with E-state index in [0.717, 1.165) is 23.4 Å². The molecular weight excluding hydrogens is 346 g/mol. The fourth-order valence-corrected chi connectivity index (χ4v) is 3.02. The molecule has 0 fully saturated rings. The second-order valence-electron chi connectivity index (χ2n) is 5.90. The van der Waals surface area contributed by atoms with Crippen LogP contribution >= 0.6 is 11.3 Å². The van der Waals surface area contributed by atoms with E-state index < -0.39 is 6.10 Å². The number of nitrogen functional groups attached to an aromatic ring is 1. The maximum absolute atomic E-state index is 12.3. The highest BCUT2D eigenvalue weighted by Gasteiger charge is 2.15. The van der Waals surface area contributed by atoms with Crippen LogP contribution in [0.1, 0.15) is 19.4 Å². The number of benzene rings is 2. The zero-order valence-electron chi connectivity index (χ0n) is 14.7. The number of carbonyl (C=O) groups is 1.